The van der Waals surface area contributed by atoms with Crippen molar-refractivity contribution in [1.29, 1.82) is 0 Å². The zero-order chi connectivity index (χ0) is 20.1. The minimum atomic E-state index is -0.0397. The lowest BCUT2D eigenvalue weighted by atomic mass is 10.1. The standard InChI is InChI=1S/C23H27N3OS/c1-5-19-8-10-20(11-9-19)17(3)24-14-21-15-28-23(25-21)26(18(4)27)22-12-6-16(2)7-13-22/h6-13,15,17,24H,5,14H2,1-4H3. The van der Waals surface area contributed by atoms with E-state index in [0.29, 0.717) is 11.7 Å². The van der Waals surface area contributed by atoms with Crippen LogP contribution in [0.4, 0.5) is 10.8 Å². The summed E-state index contributed by atoms with van der Waals surface area (Å²) in [6, 6.07) is 16.9. The highest BCUT2D eigenvalue weighted by Gasteiger charge is 2.18. The van der Waals surface area contributed by atoms with Gasteiger partial charge in [-0.15, -0.1) is 11.3 Å². The number of nitrogens with one attached hydrogen (secondary N) is 1. The van der Waals surface area contributed by atoms with Crippen LogP contribution in [-0.4, -0.2) is 10.9 Å². The van der Waals surface area contributed by atoms with Crippen molar-refractivity contribution < 1.29 is 4.79 Å². The first-order chi connectivity index (χ1) is 13.5. The molecule has 0 saturated heterocycles. The van der Waals surface area contributed by atoms with Gasteiger partial charge in [0, 0.05) is 24.9 Å². The SMILES string of the molecule is CCc1ccc(C(C)NCc2csc(N(C(C)=O)c3ccc(C)cc3)n2)cc1. The summed E-state index contributed by atoms with van der Waals surface area (Å²) in [7, 11) is 0. The molecule has 1 N–H and O–H groups in total. The molecule has 0 aliphatic heterocycles. The summed E-state index contributed by atoms with van der Waals surface area (Å²) in [5.74, 6) is -0.0397. The summed E-state index contributed by atoms with van der Waals surface area (Å²) >= 11 is 1.49. The molecular weight excluding hydrogens is 366 g/mol. The first-order valence-electron chi connectivity index (χ1n) is 9.62. The van der Waals surface area contributed by atoms with Crippen LogP contribution in [0.1, 0.15) is 49.2 Å². The zero-order valence-electron chi connectivity index (χ0n) is 16.9. The summed E-state index contributed by atoms with van der Waals surface area (Å²) < 4.78 is 0. The molecule has 1 unspecified atom stereocenters. The lowest BCUT2D eigenvalue weighted by Gasteiger charge is -2.18. The Bertz CT molecular complexity index is 916. The largest absolute Gasteiger partial charge is 0.305 e. The van der Waals surface area contributed by atoms with Crippen LogP contribution < -0.4 is 10.2 Å². The number of rotatable bonds is 7. The molecule has 0 fully saturated rings. The van der Waals surface area contributed by atoms with Crippen molar-refractivity contribution in [3.8, 4) is 0 Å². The van der Waals surface area contributed by atoms with Gasteiger partial charge in [-0.3, -0.25) is 9.69 Å². The monoisotopic (exact) mass is 393 g/mol. The summed E-state index contributed by atoms with van der Waals surface area (Å²) in [6.45, 7) is 8.58. The molecule has 0 aliphatic rings. The Morgan fingerprint density at radius 3 is 2.43 bits per heavy atom. The molecule has 1 aromatic heterocycles. The van der Waals surface area contributed by atoms with Crippen LogP contribution >= 0.6 is 11.3 Å². The van der Waals surface area contributed by atoms with Gasteiger partial charge in [-0.05, 0) is 43.5 Å². The Kier molecular flexibility index (Phi) is 6.60. The number of hydrogen-bond donors (Lipinski definition) is 1. The first kappa shape index (κ1) is 20.2. The predicted octanol–water partition coefficient (Wildman–Crippen LogP) is 5.55. The maximum atomic E-state index is 12.2. The summed E-state index contributed by atoms with van der Waals surface area (Å²) in [5, 5.41) is 6.24. The molecule has 146 valence electrons. The normalized spacial score (nSPS) is 12.0. The molecule has 0 bridgehead atoms. The summed E-state index contributed by atoms with van der Waals surface area (Å²) in [4.78, 5) is 18.6. The molecule has 3 aromatic rings. The number of aromatic nitrogens is 1. The lowest BCUT2D eigenvalue weighted by Crippen LogP contribution is -2.23. The van der Waals surface area contributed by atoms with Crippen LogP contribution in [0.3, 0.4) is 0 Å². The number of benzene rings is 2. The van der Waals surface area contributed by atoms with Gasteiger partial charge in [0.1, 0.15) is 0 Å². The second-order valence-corrected chi connectivity index (χ2v) is 7.85. The van der Waals surface area contributed by atoms with Gasteiger partial charge < -0.3 is 5.32 Å². The number of carbonyl (C=O) groups excluding carboxylic acids is 1. The molecule has 3 rings (SSSR count). The van der Waals surface area contributed by atoms with Crippen LogP contribution in [0, 0.1) is 6.92 Å². The summed E-state index contributed by atoms with van der Waals surface area (Å²) in [5.41, 5.74) is 5.56. The average molecular weight is 394 g/mol. The molecule has 5 heteroatoms. The Morgan fingerprint density at radius 1 is 1.14 bits per heavy atom. The van der Waals surface area contributed by atoms with Crippen molar-refractivity contribution in [3.05, 3.63) is 76.3 Å². The first-order valence-corrected chi connectivity index (χ1v) is 10.5. The molecule has 0 spiro atoms. The molecule has 1 amide bonds. The van der Waals surface area contributed by atoms with E-state index in [1.165, 1.54) is 22.5 Å². The summed E-state index contributed by atoms with van der Waals surface area (Å²) in [6.07, 6.45) is 1.05. The van der Waals surface area contributed by atoms with E-state index in [1.807, 2.05) is 36.6 Å². The fourth-order valence-corrected chi connectivity index (χ4v) is 3.91. The fourth-order valence-electron chi connectivity index (χ4n) is 3.02. The quantitative estimate of drug-likeness (QED) is 0.572. The smallest absolute Gasteiger partial charge is 0.230 e. The maximum absolute atomic E-state index is 12.2. The van der Waals surface area contributed by atoms with Crippen LogP contribution in [-0.2, 0) is 17.8 Å². The minimum absolute atomic E-state index is 0.0397. The van der Waals surface area contributed by atoms with E-state index >= 15 is 0 Å². The van der Waals surface area contributed by atoms with Crippen molar-refractivity contribution in [2.24, 2.45) is 0 Å². The predicted molar refractivity (Wildman–Crippen MR) is 117 cm³/mol. The number of anilines is 2. The number of thiazole rings is 1. The van der Waals surface area contributed by atoms with Crippen molar-refractivity contribution in [2.75, 3.05) is 4.90 Å². The zero-order valence-corrected chi connectivity index (χ0v) is 17.7. The highest BCUT2D eigenvalue weighted by molar-refractivity contribution is 7.14. The topological polar surface area (TPSA) is 45.2 Å². The van der Waals surface area contributed by atoms with Gasteiger partial charge in [0.05, 0.1) is 11.4 Å². The molecule has 1 atom stereocenters. The molecule has 0 radical (unpaired) electrons. The molecular formula is C23H27N3OS. The second-order valence-electron chi connectivity index (χ2n) is 7.01. The van der Waals surface area contributed by atoms with Gasteiger partial charge in [-0.2, -0.15) is 0 Å². The Morgan fingerprint density at radius 2 is 1.82 bits per heavy atom. The van der Waals surface area contributed by atoms with Gasteiger partial charge in [0.25, 0.3) is 0 Å². The lowest BCUT2D eigenvalue weighted by molar-refractivity contribution is -0.115. The molecule has 28 heavy (non-hydrogen) atoms. The van der Waals surface area contributed by atoms with E-state index in [9.17, 15) is 4.79 Å². The number of nitrogens with zero attached hydrogens (tertiary/aromatic N) is 2. The fraction of sp³-hybridized carbons (Fsp3) is 0.304. The third kappa shape index (κ3) is 4.86. The maximum Gasteiger partial charge on any atom is 0.230 e. The van der Waals surface area contributed by atoms with E-state index in [-0.39, 0.29) is 11.9 Å². The van der Waals surface area contributed by atoms with E-state index < -0.39 is 0 Å². The van der Waals surface area contributed by atoms with Gasteiger partial charge in [-0.25, -0.2) is 4.98 Å². The van der Waals surface area contributed by atoms with Crippen molar-refractivity contribution in [1.82, 2.24) is 10.3 Å². The second kappa shape index (κ2) is 9.13. The highest BCUT2D eigenvalue weighted by atomic mass is 32.1. The molecule has 4 nitrogen and oxygen atoms in total. The van der Waals surface area contributed by atoms with E-state index in [0.717, 1.165) is 23.4 Å². The van der Waals surface area contributed by atoms with Crippen molar-refractivity contribution in [3.63, 3.8) is 0 Å². The van der Waals surface area contributed by atoms with E-state index in [2.05, 4.69) is 48.4 Å². The molecule has 0 aliphatic carbocycles. The number of aryl methyl sites for hydroxylation is 2. The molecule has 1 heterocycles. The molecule has 0 saturated carbocycles. The van der Waals surface area contributed by atoms with Crippen molar-refractivity contribution in [2.45, 2.75) is 46.7 Å². The number of hydrogen-bond acceptors (Lipinski definition) is 4. The number of carbonyl (C=O) groups is 1. The third-order valence-electron chi connectivity index (χ3n) is 4.82. The van der Waals surface area contributed by atoms with Crippen LogP contribution in [0.2, 0.25) is 0 Å². The van der Waals surface area contributed by atoms with Gasteiger partial charge in [0.2, 0.25) is 5.91 Å². The van der Waals surface area contributed by atoms with E-state index in [4.69, 9.17) is 0 Å². The van der Waals surface area contributed by atoms with Crippen LogP contribution in [0.15, 0.2) is 53.9 Å². The van der Waals surface area contributed by atoms with Gasteiger partial charge in [-0.1, -0.05) is 48.9 Å². The molecule has 2 aromatic carbocycles. The minimum Gasteiger partial charge on any atom is -0.305 e. The van der Waals surface area contributed by atoms with Crippen molar-refractivity contribution >= 4 is 28.1 Å². The highest BCUT2D eigenvalue weighted by Crippen LogP contribution is 2.29. The van der Waals surface area contributed by atoms with Gasteiger partial charge >= 0.3 is 0 Å². The average Bonchev–Trinajstić information content (AvgIpc) is 3.16. The van der Waals surface area contributed by atoms with Crippen LogP contribution in [0.5, 0.6) is 0 Å². The Balaban J connectivity index is 1.68. The van der Waals surface area contributed by atoms with Crippen LogP contribution in [0.25, 0.3) is 0 Å². The third-order valence-corrected chi connectivity index (χ3v) is 5.69. The Labute approximate surface area is 171 Å². The number of amides is 1. The van der Waals surface area contributed by atoms with E-state index in [1.54, 1.807) is 11.8 Å². The Hall–Kier alpha value is -2.50. The van der Waals surface area contributed by atoms with Gasteiger partial charge in [0.15, 0.2) is 5.13 Å².